The molecule has 0 saturated heterocycles. The molecule has 0 aliphatic carbocycles. The number of carbonyl (C=O) groups is 3. The van der Waals surface area contributed by atoms with Crippen LogP contribution in [0.4, 0.5) is 4.79 Å². The summed E-state index contributed by atoms with van der Waals surface area (Å²) in [6.45, 7) is 8.70. The molecule has 0 spiro atoms. The Morgan fingerprint density at radius 3 is 2.09 bits per heavy atom. The van der Waals surface area contributed by atoms with E-state index in [2.05, 4.69) is 22.5 Å². The van der Waals surface area contributed by atoms with Crippen molar-refractivity contribution in [2.24, 2.45) is 0 Å². The Morgan fingerprint density at radius 1 is 1.22 bits per heavy atom. The number of ether oxygens (including phenoxy) is 1. The molecule has 6 nitrogen and oxygen atoms in total. The van der Waals surface area contributed by atoms with Crippen molar-refractivity contribution < 1.29 is 19.1 Å². The fourth-order valence-corrected chi connectivity index (χ4v) is 2.33. The third kappa shape index (κ3) is 3.61. The van der Waals surface area contributed by atoms with E-state index in [0.717, 1.165) is 10.0 Å². The van der Waals surface area contributed by atoms with Gasteiger partial charge in [-0.3, -0.25) is 9.59 Å². The molecule has 1 aromatic carbocycles. The maximum Gasteiger partial charge on any atom is 0.430 e. The lowest BCUT2D eigenvalue weighted by Crippen LogP contribution is -2.51. The van der Waals surface area contributed by atoms with Gasteiger partial charge in [0.25, 0.3) is 11.8 Å². The summed E-state index contributed by atoms with van der Waals surface area (Å²) in [7, 11) is 0. The highest BCUT2D eigenvalue weighted by atomic mass is 79.9. The standard InChI is InChI=1S/C16H17BrN2O4/c1-10(17)9-18(15(22)23-16(2,3)4)19-13(20)11-7-5-6-8-12(11)14(19)21/h5-8H,1,9H2,2-4H3. The second-order valence-electron chi connectivity index (χ2n) is 6.02. The van der Waals surface area contributed by atoms with Crippen LogP contribution in [0.5, 0.6) is 0 Å². The van der Waals surface area contributed by atoms with Gasteiger partial charge in [-0.1, -0.05) is 34.6 Å². The van der Waals surface area contributed by atoms with E-state index in [1.807, 2.05) is 0 Å². The van der Waals surface area contributed by atoms with E-state index in [1.165, 1.54) is 0 Å². The van der Waals surface area contributed by atoms with Crippen molar-refractivity contribution in [3.63, 3.8) is 0 Å². The van der Waals surface area contributed by atoms with Crippen molar-refractivity contribution in [3.8, 4) is 0 Å². The number of benzene rings is 1. The topological polar surface area (TPSA) is 66.9 Å². The van der Waals surface area contributed by atoms with E-state index >= 15 is 0 Å². The Hall–Kier alpha value is -2.15. The molecule has 0 atom stereocenters. The molecule has 7 heteroatoms. The molecular formula is C16H17BrN2O4. The molecule has 0 aromatic heterocycles. The summed E-state index contributed by atoms with van der Waals surface area (Å²) in [4.78, 5) is 37.4. The van der Waals surface area contributed by atoms with Crippen molar-refractivity contribution >= 4 is 33.8 Å². The van der Waals surface area contributed by atoms with Gasteiger partial charge >= 0.3 is 6.09 Å². The molecule has 0 N–H and O–H groups in total. The van der Waals surface area contributed by atoms with Crippen LogP contribution in [0.2, 0.25) is 0 Å². The molecule has 0 unspecified atom stereocenters. The minimum atomic E-state index is -0.799. The maximum absolute atomic E-state index is 12.5. The third-order valence-electron chi connectivity index (χ3n) is 2.94. The average Bonchev–Trinajstić information content (AvgIpc) is 2.67. The Morgan fingerprint density at radius 2 is 1.70 bits per heavy atom. The van der Waals surface area contributed by atoms with Crippen LogP contribution in [0.3, 0.4) is 0 Å². The highest BCUT2D eigenvalue weighted by molar-refractivity contribution is 9.11. The van der Waals surface area contributed by atoms with Gasteiger partial charge in [0.1, 0.15) is 5.60 Å². The molecule has 23 heavy (non-hydrogen) atoms. The van der Waals surface area contributed by atoms with Gasteiger partial charge in [0.15, 0.2) is 0 Å². The number of rotatable bonds is 3. The van der Waals surface area contributed by atoms with Crippen LogP contribution in [0.1, 0.15) is 41.5 Å². The van der Waals surface area contributed by atoms with Gasteiger partial charge in [-0.15, -0.1) is 0 Å². The fourth-order valence-electron chi connectivity index (χ4n) is 2.09. The summed E-state index contributed by atoms with van der Waals surface area (Å²) in [5.41, 5.74) is -0.251. The summed E-state index contributed by atoms with van der Waals surface area (Å²) in [5, 5.41) is 1.75. The minimum Gasteiger partial charge on any atom is -0.442 e. The number of nitrogens with zero attached hydrogens (tertiary/aromatic N) is 2. The summed E-state index contributed by atoms with van der Waals surface area (Å²) in [5.74, 6) is -1.13. The second kappa shape index (κ2) is 6.16. The highest BCUT2D eigenvalue weighted by Gasteiger charge is 2.42. The summed E-state index contributed by atoms with van der Waals surface area (Å²) < 4.78 is 5.72. The van der Waals surface area contributed by atoms with Crippen molar-refractivity contribution in [1.29, 1.82) is 0 Å². The van der Waals surface area contributed by atoms with Crippen LogP contribution in [-0.2, 0) is 4.74 Å². The number of imide groups is 1. The van der Waals surface area contributed by atoms with Crippen LogP contribution in [0.15, 0.2) is 35.3 Å². The SMILES string of the molecule is C=C(Br)CN(C(=O)OC(C)(C)C)N1C(=O)c2ccccc2C1=O. The number of hydrogen-bond donors (Lipinski definition) is 0. The zero-order valence-corrected chi connectivity index (χ0v) is 14.7. The smallest absolute Gasteiger partial charge is 0.430 e. The Kier molecular flexibility index (Phi) is 4.61. The van der Waals surface area contributed by atoms with Crippen molar-refractivity contribution in [3.05, 3.63) is 46.5 Å². The van der Waals surface area contributed by atoms with Crippen LogP contribution >= 0.6 is 15.9 Å². The lowest BCUT2D eigenvalue weighted by Gasteiger charge is -2.31. The van der Waals surface area contributed by atoms with E-state index in [9.17, 15) is 14.4 Å². The predicted molar refractivity (Wildman–Crippen MR) is 87.9 cm³/mol. The lowest BCUT2D eigenvalue weighted by atomic mass is 10.1. The Labute approximate surface area is 142 Å². The average molecular weight is 381 g/mol. The van der Waals surface area contributed by atoms with Crippen LogP contribution in [0, 0.1) is 0 Å². The first-order valence-electron chi connectivity index (χ1n) is 6.93. The Balaban J connectivity index is 2.38. The molecule has 1 aliphatic heterocycles. The second-order valence-corrected chi connectivity index (χ2v) is 7.14. The molecule has 0 saturated carbocycles. The van der Waals surface area contributed by atoms with E-state index in [-0.39, 0.29) is 17.7 Å². The van der Waals surface area contributed by atoms with E-state index in [4.69, 9.17) is 4.74 Å². The van der Waals surface area contributed by atoms with Gasteiger partial charge in [0, 0.05) is 4.48 Å². The molecule has 1 heterocycles. The molecule has 122 valence electrons. The van der Waals surface area contributed by atoms with Crippen molar-refractivity contribution in [2.75, 3.05) is 6.54 Å². The van der Waals surface area contributed by atoms with Crippen molar-refractivity contribution in [1.82, 2.24) is 10.0 Å². The third-order valence-corrected chi connectivity index (χ3v) is 3.19. The van der Waals surface area contributed by atoms with E-state index in [1.54, 1.807) is 45.0 Å². The van der Waals surface area contributed by atoms with Gasteiger partial charge in [-0.05, 0) is 32.9 Å². The quantitative estimate of drug-likeness (QED) is 0.754. The first kappa shape index (κ1) is 17.2. The van der Waals surface area contributed by atoms with E-state index < -0.39 is 23.5 Å². The van der Waals surface area contributed by atoms with Gasteiger partial charge in [-0.25, -0.2) is 9.80 Å². The summed E-state index contributed by atoms with van der Waals surface area (Å²) in [6.07, 6.45) is -0.799. The fraction of sp³-hybridized carbons (Fsp3) is 0.312. The normalized spacial score (nSPS) is 13.8. The van der Waals surface area contributed by atoms with Gasteiger partial charge in [-0.2, -0.15) is 5.01 Å². The highest BCUT2D eigenvalue weighted by Crippen LogP contribution is 2.26. The van der Waals surface area contributed by atoms with E-state index in [0.29, 0.717) is 4.48 Å². The number of hydrazine groups is 1. The predicted octanol–water partition coefficient (Wildman–Crippen LogP) is 3.34. The number of carbonyl (C=O) groups excluding carboxylic acids is 3. The Bertz CT molecular complexity index is 659. The van der Waals surface area contributed by atoms with Gasteiger partial charge in [0.05, 0.1) is 17.7 Å². The minimum absolute atomic E-state index is 0.0691. The molecule has 1 aliphatic rings. The molecule has 0 radical (unpaired) electrons. The number of amides is 3. The number of halogens is 1. The molecule has 3 amide bonds. The van der Waals surface area contributed by atoms with Crippen LogP contribution < -0.4 is 0 Å². The van der Waals surface area contributed by atoms with Gasteiger partial charge < -0.3 is 4.74 Å². The summed E-state index contributed by atoms with van der Waals surface area (Å²) >= 11 is 3.15. The first-order valence-corrected chi connectivity index (χ1v) is 7.72. The zero-order valence-electron chi connectivity index (χ0n) is 13.1. The summed E-state index contributed by atoms with van der Waals surface area (Å²) in [6, 6.07) is 6.42. The first-order chi connectivity index (χ1) is 10.6. The lowest BCUT2D eigenvalue weighted by molar-refractivity contribution is -0.0247. The van der Waals surface area contributed by atoms with Crippen LogP contribution in [0.25, 0.3) is 0 Å². The largest absolute Gasteiger partial charge is 0.442 e. The molecular weight excluding hydrogens is 364 g/mol. The number of hydrogen-bond acceptors (Lipinski definition) is 4. The molecule has 2 rings (SSSR count). The maximum atomic E-state index is 12.5. The monoisotopic (exact) mass is 380 g/mol. The molecule has 1 aromatic rings. The van der Waals surface area contributed by atoms with Crippen LogP contribution in [-0.4, -0.2) is 40.1 Å². The molecule has 0 fully saturated rings. The van der Waals surface area contributed by atoms with Crippen molar-refractivity contribution in [2.45, 2.75) is 26.4 Å². The van der Waals surface area contributed by atoms with Gasteiger partial charge in [0.2, 0.25) is 0 Å². The zero-order chi connectivity index (χ0) is 17.4. The molecule has 0 bridgehead atoms. The number of fused-ring (bicyclic) bond motifs is 1.